The third kappa shape index (κ3) is 3.57. The number of carbonyl (C=O) groups excluding carboxylic acids is 1. The first-order valence-electron chi connectivity index (χ1n) is 8.74. The smallest absolute Gasteiger partial charge is 0.304 e. The van der Waals surface area contributed by atoms with E-state index in [1.54, 1.807) is 0 Å². The van der Waals surface area contributed by atoms with Crippen LogP contribution in [0.5, 0.6) is 0 Å². The molecule has 0 bridgehead atoms. The van der Waals surface area contributed by atoms with Crippen molar-refractivity contribution in [2.45, 2.75) is 46.0 Å². The zero-order valence-corrected chi connectivity index (χ0v) is 15.7. The number of piperidine rings is 1. The van der Waals surface area contributed by atoms with Crippen molar-refractivity contribution in [2.75, 3.05) is 13.1 Å². The van der Waals surface area contributed by atoms with Crippen molar-refractivity contribution in [3.63, 3.8) is 0 Å². The zero-order valence-electron chi connectivity index (χ0n) is 14.9. The number of carbonyl (C=O) groups is 1. The van der Waals surface area contributed by atoms with E-state index in [1.807, 2.05) is 19.1 Å². The van der Waals surface area contributed by atoms with Crippen LogP contribution in [0.3, 0.4) is 0 Å². The predicted octanol–water partition coefficient (Wildman–Crippen LogP) is 3.06. The van der Waals surface area contributed by atoms with Crippen molar-refractivity contribution in [3.8, 4) is 0 Å². The number of nitrogens with zero attached hydrogens (tertiary/aromatic N) is 1. The van der Waals surface area contributed by atoms with Crippen LogP contribution in [-0.4, -0.2) is 36.7 Å². The zero-order chi connectivity index (χ0) is 18.2. The molecule has 1 fully saturated rings. The number of benzene rings is 1. The predicted molar refractivity (Wildman–Crippen MR) is 98.9 cm³/mol. The van der Waals surface area contributed by atoms with Gasteiger partial charge in [-0.05, 0) is 48.9 Å². The highest BCUT2D eigenvalue weighted by Crippen LogP contribution is 2.26. The number of hydrogen-bond acceptors (Lipinski definition) is 3. The minimum absolute atomic E-state index is 0.302. The van der Waals surface area contributed by atoms with Crippen molar-refractivity contribution < 1.29 is 13.2 Å². The van der Waals surface area contributed by atoms with E-state index in [0.717, 1.165) is 35.7 Å². The van der Waals surface area contributed by atoms with E-state index < -0.39 is 16.1 Å². The van der Waals surface area contributed by atoms with Crippen LogP contribution in [-0.2, 0) is 10.2 Å². The second kappa shape index (κ2) is 6.80. The fraction of sp³-hybridized carbons (Fsp3) is 0.500. The first-order valence-corrected chi connectivity index (χ1v) is 10.2. The van der Waals surface area contributed by atoms with Crippen LogP contribution in [0.1, 0.15) is 60.6 Å². The topological polar surface area (TPSA) is 82.3 Å². The number of nitrogens with one attached hydrogen (secondary N) is 2. The van der Waals surface area contributed by atoms with Gasteiger partial charge in [-0.1, -0.05) is 26.3 Å². The van der Waals surface area contributed by atoms with Gasteiger partial charge in [-0.2, -0.15) is 12.7 Å². The van der Waals surface area contributed by atoms with E-state index >= 15 is 0 Å². The Morgan fingerprint density at radius 2 is 1.88 bits per heavy atom. The lowest BCUT2D eigenvalue weighted by atomic mass is 10.0. The van der Waals surface area contributed by atoms with Gasteiger partial charge in [0, 0.05) is 24.0 Å². The molecule has 7 heteroatoms. The molecular weight excluding hydrogens is 338 g/mol. The molecule has 0 aliphatic carbocycles. The Hall–Kier alpha value is -1.86. The molecule has 6 nitrogen and oxygen atoms in total. The molecule has 0 radical (unpaired) electrons. The number of rotatable bonds is 4. The monoisotopic (exact) mass is 363 g/mol. The molecule has 3 rings (SSSR count). The van der Waals surface area contributed by atoms with Crippen LogP contribution in [0.25, 0.3) is 10.9 Å². The summed E-state index contributed by atoms with van der Waals surface area (Å²) in [4.78, 5) is 15.6. The normalized spacial score (nSPS) is 16.5. The fourth-order valence-corrected chi connectivity index (χ4v) is 4.47. The molecule has 0 spiro atoms. The first-order chi connectivity index (χ1) is 11.8. The van der Waals surface area contributed by atoms with Gasteiger partial charge in [-0.3, -0.25) is 4.79 Å². The van der Waals surface area contributed by atoms with Gasteiger partial charge in [0.05, 0.1) is 0 Å². The standard InChI is InChI=1S/C18H25N3O3S/c1-12(2)14-7-8-16-15(11-14)13(3)17(19-16)18(22)20-25(23,24)21-9-5-4-6-10-21/h7-8,11-12,19H,4-6,9-10H2,1-3H3,(H,20,22). The number of fused-ring (bicyclic) bond motifs is 1. The summed E-state index contributed by atoms with van der Waals surface area (Å²) >= 11 is 0. The van der Waals surface area contributed by atoms with Gasteiger partial charge < -0.3 is 4.98 Å². The molecule has 2 aromatic rings. The summed E-state index contributed by atoms with van der Waals surface area (Å²) < 4.78 is 28.4. The summed E-state index contributed by atoms with van der Waals surface area (Å²) in [6, 6.07) is 6.02. The second-order valence-corrected chi connectivity index (χ2v) is 8.65. The summed E-state index contributed by atoms with van der Waals surface area (Å²) in [6.45, 7) is 6.99. The van der Waals surface area contributed by atoms with E-state index in [4.69, 9.17) is 0 Å². The Balaban J connectivity index is 1.88. The summed E-state index contributed by atoms with van der Waals surface area (Å²) in [5.74, 6) is -0.221. The van der Waals surface area contributed by atoms with Crippen LogP contribution in [0.15, 0.2) is 18.2 Å². The summed E-state index contributed by atoms with van der Waals surface area (Å²) in [5.41, 5.74) is 3.09. The molecule has 2 heterocycles. The molecule has 1 aromatic heterocycles. The lowest BCUT2D eigenvalue weighted by Crippen LogP contribution is -2.45. The number of aromatic nitrogens is 1. The Bertz CT molecular complexity index is 894. The lowest BCUT2D eigenvalue weighted by molar-refractivity contribution is 0.0974. The Kier molecular flexibility index (Phi) is 4.88. The molecule has 0 saturated carbocycles. The molecule has 0 unspecified atom stereocenters. The maximum atomic E-state index is 12.6. The lowest BCUT2D eigenvalue weighted by Gasteiger charge is -2.25. The van der Waals surface area contributed by atoms with Gasteiger partial charge in [0.2, 0.25) is 0 Å². The minimum Gasteiger partial charge on any atom is -0.350 e. The van der Waals surface area contributed by atoms with Crippen molar-refractivity contribution >= 4 is 27.0 Å². The van der Waals surface area contributed by atoms with E-state index in [-0.39, 0.29) is 0 Å². The van der Waals surface area contributed by atoms with Gasteiger partial charge in [0.1, 0.15) is 5.69 Å². The van der Waals surface area contributed by atoms with Crippen LogP contribution in [0.4, 0.5) is 0 Å². The number of hydrogen-bond donors (Lipinski definition) is 2. The van der Waals surface area contributed by atoms with E-state index in [1.165, 1.54) is 9.87 Å². The maximum Gasteiger partial charge on any atom is 0.304 e. The molecular formula is C18H25N3O3S. The first kappa shape index (κ1) is 17.9. The van der Waals surface area contributed by atoms with Gasteiger partial charge in [-0.15, -0.1) is 0 Å². The molecule has 25 heavy (non-hydrogen) atoms. The SMILES string of the molecule is Cc1c(C(=O)NS(=O)(=O)N2CCCCC2)[nH]c2ccc(C(C)C)cc12. The van der Waals surface area contributed by atoms with Crippen LogP contribution < -0.4 is 4.72 Å². The van der Waals surface area contributed by atoms with Crippen LogP contribution in [0, 0.1) is 6.92 Å². The van der Waals surface area contributed by atoms with E-state index in [2.05, 4.69) is 29.6 Å². The van der Waals surface area contributed by atoms with Crippen molar-refractivity contribution in [3.05, 3.63) is 35.0 Å². The average Bonchev–Trinajstić information content (AvgIpc) is 2.92. The molecule has 1 aliphatic heterocycles. The average molecular weight is 363 g/mol. The van der Waals surface area contributed by atoms with E-state index in [0.29, 0.717) is 24.7 Å². The summed E-state index contributed by atoms with van der Waals surface area (Å²) in [7, 11) is -3.79. The molecule has 2 N–H and O–H groups in total. The molecule has 1 saturated heterocycles. The highest BCUT2D eigenvalue weighted by Gasteiger charge is 2.27. The highest BCUT2D eigenvalue weighted by atomic mass is 32.2. The number of H-pyrrole nitrogens is 1. The van der Waals surface area contributed by atoms with Gasteiger partial charge in [0.25, 0.3) is 5.91 Å². The van der Waals surface area contributed by atoms with Crippen molar-refractivity contribution in [1.29, 1.82) is 0 Å². The second-order valence-electron chi connectivity index (χ2n) is 6.98. The van der Waals surface area contributed by atoms with Gasteiger partial charge in [-0.25, -0.2) is 4.72 Å². The number of amides is 1. The third-order valence-corrected chi connectivity index (χ3v) is 6.34. The van der Waals surface area contributed by atoms with E-state index in [9.17, 15) is 13.2 Å². The van der Waals surface area contributed by atoms with Crippen molar-refractivity contribution in [2.24, 2.45) is 0 Å². The third-order valence-electron chi connectivity index (χ3n) is 4.85. The van der Waals surface area contributed by atoms with Gasteiger partial charge in [0.15, 0.2) is 0 Å². The molecule has 1 aromatic carbocycles. The Morgan fingerprint density at radius 1 is 1.20 bits per heavy atom. The van der Waals surface area contributed by atoms with Crippen molar-refractivity contribution in [1.82, 2.24) is 14.0 Å². The molecule has 136 valence electrons. The Labute approximate surface area is 148 Å². The summed E-state index contributed by atoms with van der Waals surface area (Å²) in [5, 5.41) is 0.951. The summed E-state index contributed by atoms with van der Waals surface area (Å²) in [6.07, 6.45) is 2.69. The maximum absolute atomic E-state index is 12.6. The van der Waals surface area contributed by atoms with Gasteiger partial charge >= 0.3 is 10.2 Å². The molecule has 1 aliphatic rings. The quantitative estimate of drug-likeness (QED) is 0.876. The Morgan fingerprint density at radius 3 is 2.52 bits per heavy atom. The van der Waals surface area contributed by atoms with Crippen LogP contribution >= 0.6 is 0 Å². The number of aromatic amines is 1. The largest absolute Gasteiger partial charge is 0.350 e. The van der Waals surface area contributed by atoms with Crippen LogP contribution in [0.2, 0.25) is 0 Å². The number of aryl methyl sites for hydroxylation is 1. The highest BCUT2D eigenvalue weighted by molar-refractivity contribution is 7.87. The molecule has 0 atom stereocenters. The fourth-order valence-electron chi connectivity index (χ4n) is 3.27. The minimum atomic E-state index is -3.79. The molecule has 1 amide bonds.